The van der Waals surface area contributed by atoms with Crippen LogP contribution in [0.15, 0.2) is 0 Å². The van der Waals surface area contributed by atoms with E-state index in [-0.39, 0.29) is 5.37 Å². The molecule has 0 aromatic rings. The van der Waals surface area contributed by atoms with Gasteiger partial charge < -0.3 is 9.80 Å². The van der Waals surface area contributed by atoms with Gasteiger partial charge in [-0.1, -0.05) is 0 Å². The number of rotatable bonds is 0. The number of likely N-dealkylation sites (N-methyl/N-ethyl adjacent to an activating group) is 1. The van der Waals surface area contributed by atoms with Crippen LogP contribution in [-0.4, -0.2) is 47.9 Å². The molecule has 0 spiro atoms. The fourth-order valence-corrected chi connectivity index (χ4v) is 1.36. The van der Waals surface area contributed by atoms with Gasteiger partial charge in [0.05, 0.1) is 0 Å². The number of amides is 1. The Kier molecular flexibility index (Phi) is 2.73. The maximum absolute atomic E-state index is 10.7. The lowest BCUT2D eigenvalue weighted by atomic mass is 10.2. The lowest BCUT2D eigenvalue weighted by molar-refractivity contribution is 0.130. The maximum Gasteiger partial charge on any atom is 0.316 e. The summed E-state index contributed by atoms with van der Waals surface area (Å²) in [6, 6.07) is 0.423. The summed E-state index contributed by atoms with van der Waals surface area (Å²) in [7, 11) is 2.06. The molecule has 0 saturated carbocycles. The van der Waals surface area contributed by atoms with E-state index in [1.807, 2.05) is 0 Å². The van der Waals surface area contributed by atoms with Gasteiger partial charge in [-0.3, -0.25) is 4.79 Å². The van der Waals surface area contributed by atoms with E-state index in [1.54, 1.807) is 4.90 Å². The number of carbonyl (C=O) groups is 1. The Bertz CT molecular complexity index is 163. The first kappa shape index (κ1) is 8.81. The van der Waals surface area contributed by atoms with Crippen LogP contribution in [0.25, 0.3) is 0 Å². The van der Waals surface area contributed by atoms with E-state index < -0.39 is 0 Å². The third-order valence-corrected chi connectivity index (χ3v) is 2.45. The zero-order chi connectivity index (χ0) is 8.43. The topological polar surface area (TPSA) is 23.6 Å². The van der Waals surface area contributed by atoms with Crippen LogP contribution in [-0.2, 0) is 0 Å². The molecule has 1 amide bonds. The molecule has 0 radical (unpaired) electrons. The van der Waals surface area contributed by atoms with Gasteiger partial charge in [0.15, 0.2) is 0 Å². The van der Waals surface area contributed by atoms with Gasteiger partial charge in [-0.25, -0.2) is 0 Å². The molecule has 11 heavy (non-hydrogen) atoms. The Morgan fingerprint density at radius 3 is 2.64 bits per heavy atom. The number of carbonyl (C=O) groups excluding carboxylic acids is 1. The van der Waals surface area contributed by atoms with Crippen molar-refractivity contribution in [3.63, 3.8) is 0 Å². The summed E-state index contributed by atoms with van der Waals surface area (Å²) < 4.78 is 0. The van der Waals surface area contributed by atoms with E-state index >= 15 is 0 Å². The fourth-order valence-electron chi connectivity index (χ4n) is 1.21. The number of hydrogen-bond donors (Lipinski definition) is 0. The van der Waals surface area contributed by atoms with Crippen LogP contribution in [0.2, 0.25) is 0 Å². The van der Waals surface area contributed by atoms with E-state index in [0.29, 0.717) is 6.04 Å². The standard InChI is InChI=1S/C7H13ClN2O/c1-6-5-10(7(8)11)4-3-9(6)2/h6H,3-5H2,1-2H3/t6-/m1/s1. The molecule has 1 fully saturated rings. The predicted octanol–water partition coefficient (Wildman–Crippen LogP) is 0.981. The van der Waals surface area contributed by atoms with Gasteiger partial charge in [-0.2, -0.15) is 0 Å². The van der Waals surface area contributed by atoms with Gasteiger partial charge >= 0.3 is 5.37 Å². The van der Waals surface area contributed by atoms with Gasteiger partial charge in [0.25, 0.3) is 0 Å². The zero-order valence-electron chi connectivity index (χ0n) is 6.88. The molecule has 1 heterocycles. The minimum Gasteiger partial charge on any atom is -0.326 e. The van der Waals surface area contributed by atoms with Crippen molar-refractivity contribution in [3.8, 4) is 0 Å². The molecule has 4 heteroatoms. The molecular formula is C7H13ClN2O. The SMILES string of the molecule is C[C@@H]1CN(C(=O)Cl)CCN1C. The first-order valence-corrected chi connectivity index (χ1v) is 4.13. The monoisotopic (exact) mass is 176 g/mol. The van der Waals surface area contributed by atoms with E-state index in [9.17, 15) is 4.79 Å². The average molecular weight is 177 g/mol. The molecule has 0 bridgehead atoms. The van der Waals surface area contributed by atoms with Gasteiger partial charge in [0.1, 0.15) is 0 Å². The molecule has 64 valence electrons. The smallest absolute Gasteiger partial charge is 0.316 e. The summed E-state index contributed by atoms with van der Waals surface area (Å²) in [5, 5.41) is -0.329. The van der Waals surface area contributed by atoms with Crippen molar-refractivity contribution in [1.29, 1.82) is 0 Å². The predicted molar refractivity (Wildman–Crippen MR) is 44.9 cm³/mol. The second-order valence-electron chi connectivity index (χ2n) is 3.03. The number of nitrogens with zero attached hydrogens (tertiary/aromatic N) is 2. The summed E-state index contributed by atoms with van der Waals surface area (Å²) in [4.78, 5) is 14.6. The number of hydrogen-bond acceptors (Lipinski definition) is 2. The average Bonchev–Trinajstić information content (AvgIpc) is 1.94. The van der Waals surface area contributed by atoms with Crippen molar-refractivity contribution in [1.82, 2.24) is 9.80 Å². The number of halogens is 1. The van der Waals surface area contributed by atoms with Gasteiger partial charge in [-0.15, -0.1) is 0 Å². The van der Waals surface area contributed by atoms with Crippen LogP contribution >= 0.6 is 11.6 Å². The summed E-state index contributed by atoms with van der Waals surface area (Å²) in [6.45, 7) is 4.51. The van der Waals surface area contributed by atoms with Crippen LogP contribution in [0.5, 0.6) is 0 Å². The third-order valence-electron chi connectivity index (χ3n) is 2.21. The highest BCUT2D eigenvalue weighted by molar-refractivity contribution is 6.62. The highest BCUT2D eigenvalue weighted by Gasteiger charge is 2.22. The van der Waals surface area contributed by atoms with Crippen LogP contribution in [0.3, 0.4) is 0 Å². The van der Waals surface area contributed by atoms with Crippen molar-refractivity contribution in [3.05, 3.63) is 0 Å². The highest BCUT2D eigenvalue weighted by atomic mass is 35.5. The Labute approximate surface area is 71.9 Å². The molecule has 1 aliphatic rings. The molecule has 0 aromatic heterocycles. The first-order valence-electron chi connectivity index (χ1n) is 3.76. The van der Waals surface area contributed by atoms with Crippen molar-refractivity contribution < 1.29 is 4.79 Å². The molecule has 3 nitrogen and oxygen atoms in total. The summed E-state index contributed by atoms with van der Waals surface area (Å²) in [5.41, 5.74) is 0. The van der Waals surface area contributed by atoms with E-state index in [0.717, 1.165) is 19.6 Å². The Balaban J connectivity index is 2.46. The molecule has 0 aliphatic carbocycles. The molecule has 1 atom stereocenters. The molecule has 0 unspecified atom stereocenters. The van der Waals surface area contributed by atoms with Gasteiger partial charge in [0, 0.05) is 25.7 Å². The fraction of sp³-hybridized carbons (Fsp3) is 0.857. The lowest BCUT2D eigenvalue weighted by Crippen LogP contribution is -2.50. The second kappa shape index (κ2) is 3.41. The van der Waals surface area contributed by atoms with Crippen molar-refractivity contribution in [2.24, 2.45) is 0 Å². The molecule has 1 aliphatic heterocycles. The molecular weight excluding hydrogens is 164 g/mol. The van der Waals surface area contributed by atoms with Gasteiger partial charge in [-0.05, 0) is 25.6 Å². The Morgan fingerprint density at radius 2 is 2.18 bits per heavy atom. The van der Waals surface area contributed by atoms with Crippen LogP contribution in [0.4, 0.5) is 4.79 Å². The van der Waals surface area contributed by atoms with E-state index in [4.69, 9.17) is 11.6 Å². The van der Waals surface area contributed by atoms with Crippen molar-refractivity contribution in [2.75, 3.05) is 26.7 Å². The minimum atomic E-state index is -0.329. The summed E-state index contributed by atoms with van der Waals surface area (Å²) in [5.74, 6) is 0. The van der Waals surface area contributed by atoms with E-state index in [1.165, 1.54) is 0 Å². The highest BCUT2D eigenvalue weighted by Crippen LogP contribution is 2.08. The zero-order valence-corrected chi connectivity index (χ0v) is 7.64. The lowest BCUT2D eigenvalue weighted by Gasteiger charge is -2.36. The molecule has 1 rings (SSSR count). The summed E-state index contributed by atoms with van der Waals surface area (Å²) >= 11 is 5.34. The van der Waals surface area contributed by atoms with Gasteiger partial charge in [0.2, 0.25) is 0 Å². The van der Waals surface area contributed by atoms with Crippen LogP contribution in [0, 0.1) is 0 Å². The molecule has 0 aromatic carbocycles. The third kappa shape index (κ3) is 2.07. The normalized spacial score (nSPS) is 27.2. The second-order valence-corrected chi connectivity index (χ2v) is 3.35. The van der Waals surface area contributed by atoms with Crippen LogP contribution in [0.1, 0.15) is 6.92 Å². The van der Waals surface area contributed by atoms with Crippen molar-refractivity contribution in [2.45, 2.75) is 13.0 Å². The Hall–Kier alpha value is -0.280. The number of piperazine rings is 1. The van der Waals surface area contributed by atoms with E-state index in [2.05, 4.69) is 18.9 Å². The summed E-state index contributed by atoms with van der Waals surface area (Å²) in [6.07, 6.45) is 0. The minimum absolute atomic E-state index is 0.329. The maximum atomic E-state index is 10.7. The first-order chi connectivity index (χ1) is 5.11. The molecule has 0 N–H and O–H groups in total. The molecule has 1 saturated heterocycles. The largest absolute Gasteiger partial charge is 0.326 e. The quantitative estimate of drug-likeness (QED) is 0.406. The Morgan fingerprint density at radius 1 is 1.55 bits per heavy atom. The van der Waals surface area contributed by atoms with Crippen molar-refractivity contribution >= 4 is 17.0 Å². The van der Waals surface area contributed by atoms with Crippen LogP contribution < -0.4 is 0 Å².